The third-order valence-electron chi connectivity index (χ3n) is 1.41. The first kappa shape index (κ1) is 12.7. The molecule has 2 fully saturated rings. The van der Waals surface area contributed by atoms with Gasteiger partial charge in [0.15, 0.2) is 0 Å². The Labute approximate surface area is 105 Å². The maximum absolute atomic E-state index is 5.23. The molecule has 11 heavy (non-hydrogen) atoms. The maximum atomic E-state index is 5.23. The second-order valence-corrected chi connectivity index (χ2v) is 2.45. The Kier molecular flexibility index (Phi) is 7.11. The average Bonchev–Trinajstić information content (AvgIpc) is 2.57. The molecule has 2 aliphatic heterocycles. The van der Waals surface area contributed by atoms with E-state index in [1.165, 1.54) is 0 Å². The Morgan fingerprint density at radius 2 is 1.36 bits per heavy atom. The van der Waals surface area contributed by atoms with Crippen molar-refractivity contribution in [2.24, 2.45) is 0 Å². The molecule has 0 aromatic heterocycles. The minimum atomic E-state index is 0. The van der Waals surface area contributed by atoms with E-state index < -0.39 is 0 Å². The van der Waals surface area contributed by atoms with Crippen LogP contribution in [0.15, 0.2) is 0 Å². The fourth-order valence-corrected chi connectivity index (χ4v) is 0.659. The Balaban J connectivity index is 0.000000500. The molecule has 2 saturated heterocycles. The van der Waals surface area contributed by atoms with Gasteiger partial charge in [-0.05, 0) is 0 Å². The third kappa shape index (κ3) is 5.84. The molecule has 2 rings (SSSR count). The summed E-state index contributed by atoms with van der Waals surface area (Å²) in [5, 5.41) is 0. The second-order valence-electron chi connectivity index (χ2n) is 2.45. The minimum absolute atomic E-state index is 0. The van der Waals surface area contributed by atoms with Crippen molar-refractivity contribution in [2.45, 2.75) is 12.2 Å². The average molecular weight is 552 g/mol. The van der Waals surface area contributed by atoms with E-state index in [2.05, 4.69) is 0 Å². The molecular formula is C6H14O3Po2. The van der Waals surface area contributed by atoms with Gasteiger partial charge in [-0.2, -0.15) is 0 Å². The predicted octanol–water partition coefficient (Wildman–Crippen LogP) is -2.03. The van der Waals surface area contributed by atoms with Crippen LogP contribution in [-0.2, 0) is 14.2 Å². The number of epoxide rings is 2. The molecule has 2 atom stereocenters. The van der Waals surface area contributed by atoms with E-state index in [4.69, 9.17) is 14.2 Å². The fraction of sp³-hybridized carbons (Fsp3) is 1.00. The van der Waals surface area contributed by atoms with Crippen LogP contribution in [-0.4, -0.2) is 91.8 Å². The van der Waals surface area contributed by atoms with Gasteiger partial charge >= 0.3 is 53.1 Å². The summed E-state index contributed by atoms with van der Waals surface area (Å²) in [6.07, 6.45) is 0.785. The van der Waals surface area contributed by atoms with E-state index in [1.807, 2.05) is 0 Å². The van der Waals surface area contributed by atoms with Crippen LogP contribution in [0.5, 0.6) is 0 Å². The van der Waals surface area contributed by atoms with Crippen LogP contribution < -0.4 is 0 Å². The standard InChI is InChI=1S/C6H10O3.2Po.4H/c1(5-3-8-5)7-2-6-4-9-6;;;;;;/h5-6H,1-4H2;;;;;;. The van der Waals surface area contributed by atoms with Gasteiger partial charge in [-0.15, -0.1) is 0 Å². The van der Waals surface area contributed by atoms with Crippen molar-refractivity contribution in [3.8, 4) is 0 Å². The van der Waals surface area contributed by atoms with Crippen molar-refractivity contribution in [3.05, 3.63) is 0 Å². The van der Waals surface area contributed by atoms with Gasteiger partial charge in [0, 0.05) is 0 Å². The van der Waals surface area contributed by atoms with Crippen molar-refractivity contribution in [1.82, 2.24) is 0 Å². The number of ether oxygens (including phenoxy) is 3. The van der Waals surface area contributed by atoms with Crippen molar-refractivity contribution in [2.75, 3.05) is 26.4 Å². The van der Waals surface area contributed by atoms with Crippen LogP contribution >= 0.6 is 0 Å². The van der Waals surface area contributed by atoms with Gasteiger partial charge in [0.1, 0.15) is 12.2 Å². The third-order valence-corrected chi connectivity index (χ3v) is 1.41. The van der Waals surface area contributed by atoms with Crippen molar-refractivity contribution in [3.63, 3.8) is 0 Å². The molecule has 0 spiro atoms. The Hall–Kier alpha value is 1.67. The number of rotatable bonds is 4. The van der Waals surface area contributed by atoms with Gasteiger partial charge < -0.3 is 14.2 Å². The van der Waals surface area contributed by atoms with Crippen molar-refractivity contribution >= 4 is 53.1 Å². The van der Waals surface area contributed by atoms with E-state index >= 15 is 0 Å². The summed E-state index contributed by atoms with van der Waals surface area (Å²) in [5.74, 6) is 0. The van der Waals surface area contributed by atoms with Crippen molar-refractivity contribution < 1.29 is 14.2 Å². The first-order valence-corrected chi connectivity index (χ1v) is 3.26. The Morgan fingerprint density at radius 3 is 1.64 bits per heavy atom. The molecule has 2 heterocycles. The molecule has 68 valence electrons. The summed E-state index contributed by atoms with van der Waals surface area (Å²) in [6.45, 7) is 3.26. The first-order chi connectivity index (χ1) is 4.45. The summed E-state index contributed by atoms with van der Waals surface area (Å²) >= 11 is 0. The molecule has 2 unspecified atom stereocenters. The van der Waals surface area contributed by atoms with E-state index in [0.717, 1.165) is 26.4 Å². The summed E-state index contributed by atoms with van der Waals surface area (Å²) in [7, 11) is 0. The van der Waals surface area contributed by atoms with Gasteiger partial charge in [-0.25, -0.2) is 0 Å². The molecule has 0 N–H and O–H groups in total. The fourth-order valence-electron chi connectivity index (χ4n) is 0.659. The summed E-state index contributed by atoms with van der Waals surface area (Å²) in [6, 6.07) is 0. The topological polar surface area (TPSA) is 34.3 Å². The molecule has 5 heteroatoms. The summed E-state index contributed by atoms with van der Waals surface area (Å²) in [4.78, 5) is 0. The van der Waals surface area contributed by atoms with Crippen molar-refractivity contribution in [1.29, 1.82) is 0 Å². The van der Waals surface area contributed by atoms with Crippen LogP contribution in [0.2, 0.25) is 0 Å². The summed E-state index contributed by atoms with van der Waals surface area (Å²) in [5.41, 5.74) is 0. The van der Waals surface area contributed by atoms with Crippen LogP contribution in [0.3, 0.4) is 0 Å². The number of hydrogen-bond acceptors (Lipinski definition) is 3. The van der Waals surface area contributed by atoms with Gasteiger partial charge in [-0.1, -0.05) is 0 Å². The SMILES string of the molecule is C(OCC1CO1)C1CO1.[PoH2].[PoH2]. The first-order valence-electron chi connectivity index (χ1n) is 3.26. The van der Waals surface area contributed by atoms with Gasteiger partial charge in [0.25, 0.3) is 0 Å². The molecule has 0 aromatic carbocycles. The van der Waals surface area contributed by atoms with Crippen LogP contribution in [0.25, 0.3) is 0 Å². The molecule has 0 aliphatic carbocycles. The van der Waals surface area contributed by atoms with Crippen LogP contribution in [0.4, 0.5) is 0 Å². The molecule has 0 saturated carbocycles. The quantitative estimate of drug-likeness (QED) is 0.378. The van der Waals surface area contributed by atoms with E-state index in [0.29, 0.717) is 12.2 Å². The van der Waals surface area contributed by atoms with Gasteiger partial charge in [0.2, 0.25) is 0 Å². The van der Waals surface area contributed by atoms with E-state index in [1.54, 1.807) is 0 Å². The molecule has 0 aromatic rings. The normalized spacial score (nSPS) is 31.6. The zero-order valence-electron chi connectivity index (χ0n) is 6.21. The van der Waals surface area contributed by atoms with Gasteiger partial charge in [0.05, 0.1) is 26.4 Å². The molecule has 0 amide bonds. The van der Waals surface area contributed by atoms with Crippen LogP contribution in [0, 0.1) is 0 Å². The summed E-state index contributed by atoms with van der Waals surface area (Å²) < 4.78 is 15.1. The second kappa shape index (κ2) is 6.18. The van der Waals surface area contributed by atoms with E-state index in [-0.39, 0.29) is 53.1 Å². The monoisotopic (exact) mass is 552 g/mol. The van der Waals surface area contributed by atoms with Gasteiger partial charge in [-0.3, -0.25) is 0 Å². The molecule has 0 bridgehead atoms. The number of hydrogen-bond donors (Lipinski definition) is 0. The predicted molar refractivity (Wildman–Crippen MR) is 47.4 cm³/mol. The zero-order chi connectivity index (χ0) is 6.10. The molecule has 2 aliphatic rings. The van der Waals surface area contributed by atoms with Crippen LogP contribution in [0.1, 0.15) is 0 Å². The Bertz CT molecular complexity index is 92.0. The Morgan fingerprint density at radius 1 is 1.00 bits per heavy atom. The molecule has 3 nitrogen and oxygen atoms in total. The molecular weight excluding hydrogens is 538 g/mol. The molecule has 0 radical (unpaired) electrons. The van der Waals surface area contributed by atoms with E-state index in [9.17, 15) is 0 Å². The zero-order valence-corrected chi connectivity index (χ0v) is 14.0.